The van der Waals surface area contributed by atoms with Gasteiger partial charge in [0.1, 0.15) is 36.2 Å². The molecule has 53 heavy (non-hydrogen) atoms. The van der Waals surface area contributed by atoms with Crippen LogP contribution in [0.3, 0.4) is 0 Å². The highest BCUT2D eigenvalue weighted by atomic mass is 19.1. The molecular formula is C37H40F2N10O4. The summed E-state index contributed by atoms with van der Waals surface area (Å²) in [7, 11) is 0. The zero-order valence-electron chi connectivity index (χ0n) is 29.5. The van der Waals surface area contributed by atoms with Crippen LogP contribution in [0.5, 0.6) is 0 Å². The van der Waals surface area contributed by atoms with Crippen molar-refractivity contribution in [1.82, 2.24) is 38.7 Å². The number of piperazine rings is 1. The minimum atomic E-state index is -2.02. The lowest BCUT2D eigenvalue weighted by Crippen LogP contribution is -2.46. The molecule has 0 unspecified atom stereocenters. The predicted molar refractivity (Wildman–Crippen MR) is 194 cm³/mol. The maximum atomic E-state index is 15.1. The van der Waals surface area contributed by atoms with Gasteiger partial charge in [-0.25, -0.2) is 37.5 Å². The Morgan fingerprint density at radius 1 is 0.849 bits per heavy atom. The maximum absolute atomic E-state index is 15.1. The molecule has 1 saturated heterocycles. The molecule has 2 N–H and O–H groups in total. The van der Waals surface area contributed by atoms with Gasteiger partial charge in [0.2, 0.25) is 0 Å². The third kappa shape index (κ3) is 6.70. The Morgan fingerprint density at radius 3 is 2.17 bits per heavy atom. The van der Waals surface area contributed by atoms with Gasteiger partial charge in [0.05, 0.1) is 47.7 Å². The fourth-order valence-electron chi connectivity index (χ4n) is 7.16. The van der Waals surface area contributed by atoms with Crippen molar-refractivity contribution in [2.75, 3.05) is 36.0 Å². The SMILES string of the molecule is CC[C@H]([C@H](C)O)n1ncn(-c2ccc(N3CCN(c4ccc5c(=O)n([C@H](C)[C@](O)(Cn6cncn6)c6ccc(F)cc6F)cnc5c4)CC3)cc2)c1=O. The molecule has 6 aromatic rings. The van der Waals surface area contributed by atoms with Crippen molar-refractivity contribution in [2.24, 2.45) is 0 Å². The van der Waals surface area contributed by atoms with Gasteiger partial charge in [-0.15, -0.1) is 0 Å². The lowest BCUT2D eigenvalue weighted by molar-refractivity contribution is -0.0343. The Bertz CT molecular complexity index is 2330. The number of fused-ring (bicyclic) bond motifs is 1. The van der Waals surface area contributed by atoms with Crippen LogP contribution in [-0.4, -0.2) is 81.2 Å². The van der Waals surface area contributed by atoms with Crippen LogP contribution < -0.4 is 21.0 Å². The molecule has 1 fully saturated rings. The van der Waals surface area contributed by atoms with Crippen LogP contribution in [0.1, 0.15) is 44.8 Å². The van der Waals surface area contributed by atoms with Crippen LogP contribution >= 0.6 is 0 Å². The zero-order valence-corrected chi connectivity index (χ0v) is 29.5. The van der Waals surface area contributed by atoms with Crippen molar-refractivity contribution >= 4 is 22.3 Å². The number of nitrogens with zero attached hydrogens (tertiary/aromatic N) is 10. The number of aliphatic hydroxyl groups excluding tert-OH is 1. The summed E-state index contributed by atoms with van der Waals surface area (Å²) in [5.74, 6) is -1.75. The first kappa shape index (κ1) is 35.7. The average Bonchev–Trinajstić information content (AvgIpc) is 3.81. The Kier molecular flexibility index (Phi) is 9.65. The Morgan fingerprint density at radius 2 is 1.53 bits per heavy atom. The number of hydrogen-bond acceptors (Lipinski definition) is 10. The van der Waals surface area contributed by atoms with Crippen LogP contribution in [0.25, 0.3) is 16.6 Å². The second-order valence-corrected chi connectivity index (χ2v) is 13.4. The molecule has 1 aliphatic heterocycles. The zero-order chi connectivity index (χ0) is 37.4. The number of rotatable bonds is 11. The number of halogens is 2. The van der Waals surface area contributed by atoms with Crippen LogP contribution in [0, 0.1) is 11.6 Å². The molecule has 1 aliphatic rings. The van der Waals surface area contributed by atoms with E-state index in [0.29, 0.717) is 42.2 Å². The van der Waals surface area contributed by atoms with Crippen LogP contribution in [-0.2, 0) is 12.1 Å². The van der Waals surface area contributed by atoms with Gasteiger partial charge in [0.15, 0.2) is 0 Å². The number of aliphatic hydroxyl groups is 2. The Labute approximate surface area is 302 Å². The lowest BCUT2D eigenvalue weighted by Gasteiger charge is -2.37. The standard InChI is InChI=1S/C37H40F2N10O4/c1-4-34(24(2)50)49-36(52)48(23-43-49)28-8-6-27(7-9-28)44-13-15-45(16-14-44)29-10-11-30-33(18-29)41-22-47(35(30)51)25(3)37(53,19-46-21-40-20-42-46)31-12-5-26(38)17-32(31)39/h5-12,17-18,20-25,34,50,53H,4,13-16,19H2,1-3H3/t24-,25+,34+,37+/m0/s1. The molecule has 3 aromatic heterocycles. The van der Waals surface area contributed by atoms with Crippen LogP contribution in [0.4, 0.5) is 20.2 Å². The van der Waals surface area contributed by atoms with Gasteiger partial charge in [0.25, 0.3) is 5.56 Å². The first-order valence-corrected chi connectivity index (χ1v) is 17.4. The van der Waals surface area contributed by atoms with Crippen molar-refractivity contribution in [3.05, 3.63) is 124 Å². The van der Waals surface area contributed by atoms with E-state index >= 15 is 4.39 Å². The number of anilines is 2. The summed E-state index contributed by atoms with van der Waals surface area (Å²) in [6.07, 6.45) is 5.33. The fraction of sp³-hybridized carbons (Fsp3) is 0.351. The summed E-state index contributed by atoms with van der Waals surface area (Å²) in [5.41, 5.74) is 0.127. The van der Waals surface area contributed by atoms with Crippen molar-refractivity contribution < 1.29 is 19.0 Å². The number of benzene rings is 3. The second kappa shape index (κ2) is 14.4. The second-order valence-electron chi connectivity index (χ2n) is 13.4. The van der Waals surface area contributed by atoms with Crippen LogP contribution in [0.15, 0.2) is 95.6 Å². The Balaban J connectivity index is 1.06. The summed E-state index contributed by atoms with van der Waals surface area (Å²) < 4.78 is 34.3. The highest BCUT2D eigenvalue weighted by Gasteiger charge is 2.41. The normalized spacial score (nSPS) is 16.4. The molecule has 0 amide bonds. The van der Waals surface area contributed by atoms with Gasteiger partial charge >= 0.3 is 5.69 Å². The van der Waals surface area contributed by atoms with E-state index in [1.165, 1.54) is 49.9 Å². The van der Waals surface area contributed by atoms with Crippen LogP contribution in [0.2, 0.25) is 0 Å². The molecule has 16 heteroatoms. The van der Waals surface area contributed by atoms with Gasteiger partial charge in [-0.3, -0.25) is 9.36 Å². The third-order valence-electron chi connectivity index (χ3n) is 10.3. The molecule has 3 aromatic carbocycles. The molecule has 7 rings (SSSR count). The quantitative estimate of drug-likeness (QED) is 0.203. The molecule has 0 aliphatic carbocycles. The summed E-state index contributed by atoms with van der Waals surface area (Å²) in [6, 6.07) is 14.6. The van der Waals surface area contributed by atoms with Crippen molar-refractivity contribution in [3.8, 4) is 5.69 Å². The van der Waals surface area contributed by atoms with E-state index in [0.717, 1.165) is 30.5 Å². The largest absolute Gasteiger partial charge is 0.391 e. The smallest absolute Gasteiger partial charge is 0.350 e. The number of aromatic nitrogens is 8. The molecule has 276 valence electrons. The van der Waals surface area contributed by atoms with Gasteiger partial charge in [0, 0.05) is 49.2 Å². The van der Waals surface area contributed by atoms with Gasteiger partial charge in [-0.2, -0.15) is 10.2 Å². The Hall–Kier alpha value is -5.74. The molecule has 4 atom stereocenters. The number of hydrogen-bond donors (Lipinski definition) is 2. The first-order valence-electron chi connectivity index (χ1n) is 17.4. The summed E-state index contributed by atoms with van der Waals surface area (Å²) in [5, 5.41) is 30.7. The van der Waals surface area contributed by atoms with Crippen molar-refractivity contribution in [3.63, 3.8) is 0 Å². The van der Waals surface area contributed by atoms with E-state index < -0.39 is 41.0 Å². The van der Waals surface area contributed by atoms with Gasteiger partial charge < -0.3 is 20.0 Å². The van der Waals surface area contributed by atoms with Gasteiger partial charge in [-0.1, -0.05) is 13.0 Å². The molecule has 4 heterocycles. The monoisotopic (exact) mass is 726 g/mol. The predicted octanol–water partition coefficient (Wildman–Crippen LogP) is 3.42. The molecule has 0 spiro atoms. The summed E-state index contributed by atoms with van der Waals surface area (Å²) >= 11 is 0. The minimum absolute atomic E-state index is 0.194. The van der Waals surface area contributed by atoms with Crippen molar-refractivity contribution in [1.29, 1.82) is 0 Å². The average molecular weight is 727 g/mol. The molecule has 0 radical (unpaired) electrons. The molecule has 0 bridgehead atoms. The van der Waals surface area contributed by atoms with Crippen molar-refractivity contribution in [2.45, 2.75) is 57.5 Å². The summed E-state index contributed by atoms with van der Waals surface area (Å²) in [4.78, 5) is 39.8. The minimum Gasteiger partial charge on any atom is -0.391 e. The van der Waals surface area contributed by atoms with E-state index in [1.54, 1.807) is 19.9 Å². The highest BCUT2D eigenvalue weighted by molar-refractivity contribution is 5.81. The van der Waals surface area contributed by atoms with E-state index in [9.17, 15) is 24.2 Å². The molecule has 14 nitrogen and oxygen atoms in total. The van der Waals surface area contributed by atoms with E-state index in [4.69, 9.17) is 0 Å². The molecule has 0 saturated carbocycles. The maximum Gasteiger partial charge on any atom is 0.350 e. The fourth-order valence-corrected chi connectivity index (χ4v) is 7.16. The lowest BCUT2D eigenvalue weighted by atomic mass is 9.86. The topological polar surface area (TPSA) is 152 Å². The van der Waals surface area contributed by atoms with E-state index in [-0.39, 0.29) is 17.8 Å². The van der Waals surface area contributed by atoms with E-state index in [2.05, 4.69) is 30.0 Å². The van der Waals surface area contributed by atoms with Gasteiger partial charge in [-0.05, 0) is 68.8 Å². The molecular weight excluding hydrogens is 686 g/mol. The summed E-state index contributed by atoms with van der Waals surface area (Å²) in [6.45, 7) is 7.77. The third-order valence-corrected chi connectivity index (χ3v) is 10.3. The highest BCUT2D eigenvalue weighted by Crippen LogP contribution is 2.36. The van der Waals surface area contributed by atoms with E-state index in [1.807, 2.05) is 43.3 Å². The first-order chi connectivity index (χ1) is 25.5.